The van der Waals surface area contributed by atoms with Crippen LogP contribution in [0.3, 0.4) is 0 Å². The van der Waals surface area contributed by atoms with Crippen LogP contribution in [0.15, 0.2) is 42.9 Å². The molecule has 0 radical (unpaired) electrons. The van der Waals surface area contributed by atoms with Crippen molar-refractivity contribution in [2.24, 2.45) is 0 Å². The highest BCUT2D eigenvalue weighted by Gasteiger charge is 2.01. The molecule has 0 spiro atoms. The highest BCUT2D eigenvalue weighted by molar-refractivity contribution is 5.26. The molecule has 0 aliphatic heterocycles. The SMILES string of the molecule is C[C@@H](O)c1ccc(-n2cccc2)nc1. The molecule has 1 atom stereocenters. The fourth-order valence-electron chi connectivity index (χ4n) is 1.28. The second-order valence-corrected chi connectivity index (χ2v) is 3.22. The lowest BCUT2D eigenvalue weighted by molar-refractivity contribution is 0.199. The third-order valence-electron chi connectivity index (χ3n) is 2.12. The van der Waals surface area contributed by atoms with Gasteiger partial charge in [0, 0.05) is 18.6 Å². The van der Waals surface area contributed by atoms with Crippen LogP contribution in [0.4, 0.5) is 0 Å². The number of rotatable bonds is 2. The minimum Gasteiger partial charge on any atom is -0.389 e. The van der Waals surface area contributed by atoms with Crippen molar-refractivity contribution in [3.05, 3.63) is 48.4 Å². The van der Waals surface area contributed by atoms with Gasteiger partial charge in [-0.15, -0.1) is 0 Å². The molecule has 3 nitrogen and oxygen atoms in total. The van der Waals surface area contributed by atoms with Crippen molar-refractivity contribution in [1.29, 1.82) is 0 Å². The average molecular weight is 188 g/mol. The molecular formula is C11H12N2O. The van der Waals surface area contributed by atoms with Crippen LogP contribution in [-0.4, -0.2) is 14.7 Å². The largest absolute Gasteiger partial charge is 0.389 e. The number of hydrogen-bond acceptors (Lipinski definition) is 2. The van der Waals surface area contributed by atoms with E-state index in [0.29, 0.717) is 0 Å². The van der Waals surface area contributed by atoms with Gasteiger partial charge in [0.2, 0.25) is 0 Å². The Morgan fingerprint density at radius 2 is 2.00 bits per heavy atom. The predicted molar refractivity (Wildman–Crippen MR) is 54.2 cm³/mol. The molecule has 72 valence electrons. The highest BCUT2D eigenvalue weighted by atomic mass is 16.3. The van der Waals surface area contributed by atoms with Crippen molar-refractivity contribution >= 4 is 0 Å². The minimum absolute atomic E-state index is 0.457. The van der Waals surface area contributed by atoms with Gasteiger partial charge in [0.15, 0.2) is 0 Å². The fourth-order valence-corrected chi connectivity index (χ4v) is 1.28. The summed E-state index contributed by atoms with van der Waals surface area (Å²) in [5.41, 5.74) is 0.834. The second-order valence-electron chi connectivity index (χ2n) is 3.22. The Hall–Kier alpha value is -1.61. The van der Waals surface area contributed by atoms with E-state index in [9.17, 15) is 5.11 Å². The summed E-state index contributed by atoms with van der Waals surface area (Å²) >= 11 is 0. The van der Waals surface area contributed by atoms with Gasteiger partial charge < -0.3 is 9.67 Å². The quantitative estimate of drug-likeness (QED) is 0.782. The van der Waals surface area contributed by atoms with Crippen LogP contribution in [0.5, 0.6) is 0 Å². The third kappa shape index (κ3) is 1.67. The first-order valence-corrected chi connectivity index (χ1v) is 4.55. The molecule has 0 aliphatic carbocycles. The van der Waals surface area contributed by atoms with Crippen molar-refractivity contribution in [3.8, 4) is 5.82 Å². The summed E-state index contributed by atoms with van der Waals surface area (Å²) in [6, 6.07) is 7.67. The first-order chi connectivity index (χ1) is 6.77. The Bertz CT molecular complexity index is 390. The topological polar surface area (TPSA) is 38.0 Å². The summed E-state index contributed by atoms with van der Waals surface area (Å²) < 4.78 is 1.92. The maximum absolute atomic E-state index is 9.30. The fraction of sp³-hybridized carbons (Fsp3) is 0.182. The first kappa shape index (κ1) is 8.97. The Balaban J connectivity index is 2.31. The van der Waals surface area contributed by atoms with Crippen molar-refractivity contribution in [1.82, 2.24) is 9.55 Å². The normalized spacial score (nSPS) is 12.7. The molecule has 0 aliphatic rings. The Morgan fingerprint density at radius 3 is 2.50 bits per heavy atom. The van der Waals surface area contributed by atoms with E-state index in [1.54, 1.807) is 13.1 Å². The van der Waals surface area contributed by atoms with Crippen LogP contribution >= 0.6 is 0 Å². The highest BCUT2D eigenvalue weighted by Crippen LogP contribution is 2.12. The van der Waals surface area contributed by atoms with Crippen LogP contribution in [-0.2, 0) is 0 Å². The van der Waals surface area contributed by atoms with Crippen molar-refractivity contribution in [2.75, 3.05) is 0 Å². The number of aromatic nitrogens is 2. The van der Waals surface area contributed by atoms with Crippen molar-refractivity contribution in [3.63, 3.8) is 0 Å². The van der Waals surface area contributed by atoms with Gasteiger partial charge in [-0.05, 0) is 30.7 Å². The van der Waals surface area contributed by atoms with Gasteiger partial charge in [-0.2, -0.15) is 0 Å². The van der Waals surface area contributed by atoms with E-state index in [1.807, 2.05) is 41.2 Å². The molecule has 0 saturated carbocycles. The van der Waals surface area contributed by atoms with E-state index in [0.717, 1.165) is 11.4 Å². The van der Waals surface area contributed by atoms with Gasteiger partial charge in [-0.1, -0.05) is 6.07 Å². The van der Waals surface area contributed by atoms with Gasteiger partial charge in [-0.25, -0.2) is 4.98 Å². The number of aliphatic hydroxyl groups is 1. The summed E-state index contributed by atoms with van der Waals surface area (Å²) in [7, 11) is 0. The summed E-state index contributed by atoms with van der Waals surface area (Å²) in [4.78, 5) is 4.25. The molecule has 1 N–H and O–H groups in total. The Morgan fingerprint density at radius 1 is 1.29 bits per heavy atom. The summed E-state index contributed by atoms with van der Waals surface area (Å²) in [6.45, 7) is 1.73. The lowest BCUT2D eigenvalue weighted by Gasteiger charge is -2.05. The third-order valence-corrected chi connectivity index (χ3v) is 2.12. The molecule has 0 unspecified atom stereocenters. The lowest BCUT2D eigenvalue weighted by Crippen LogP contribution is -1.97. The zero-order valence-corrected chi connectivity index (χ0v) is 7.96. The Kier molecular flexibility index (Phi) is 2.33. The minimum atomic E-state index is -0.457. The van der Waals surface area contributed by atoms with Gasteiger partial charge in [-0.3, -0.25) is 0 Å². The number of hydrogen-bond donors (Lipinski definition) is 1. The van der Waals surface area contributed by atoms with Gasteiger partial charge in [0.05, 0.1) is 6.10 Å². The van der Waals surface area contributed by atoms with Crippen molar-refractivity contribution in [2.45, 2.75) is 13.0 Å². The molecule has 2 heterocycles. The van der Waals surface area contributed by atoms with Gasteiger partial charge in [0.25, 0.3) is 0 Å². The van der Waals surface area contributed by atoms with Crippen LogP contribution in [0.2, 0.25) is 0 Å². The van der Waals surface area contributed by atoms with Crippen LogP contribution in [0, 0.1) is 0 Å². The monoisotopic (exact) mass is 188 g/mol. The van der Waals surface area contributed by atoms with Crippen LogP contribution < -0.4 is 0 Å². The van der Waals surface area contributed by atoms with E-state index < -0.39 is 6.10 Å². The molecular weight excluding hydrogens is 176 g/mol. The van der Waals surface area contributed by atoms with Gasteiger partial charge >= 0.3 is 0 Å². The standard InChI is InChI=1S/C11H12N2O/c1-9(14)10-4-5-11(12-8-10)13-6-2-3-7-13/h2-9,14H,1H3/t9-/m1/s1. The summed E-state index contributed by atoms with van der Waals surface area (Å²) in [5, 5.41) is 9.30. The number of pyridine rings is 1. The molecule has 2 aromatic heterocycles. The first-order valence-electron chi connectivity index (χ1n) is 4.55. The predicted octanol–water partition coefficient (Wildman–Crippen LogP) is 1.93. The number of nitrogens with zero attached hydrogens (tertiary/aromatic N) is 2. The summed E-state index contributed by atoms with van der Waals surface area (Å²) in [5.74, 6) is 0.861. The van der Waals surface area contributed by atoms with Crippen LogP contribution in [0.25, 0.3) is 5.82 Å². The van der Waals surface area contributed by atoms with Crippen molar-refractivity contribution < 1.29 is 5.11 Å². The molecule has 0 saturated heterocycles. The van der Waals surface area contributed by atoms with E-state index in [2.05, 4.69) is 4.98 Å². The molecule has 3 heteroatoms. The zero-order valence-electron chi connectivity index (χ0n) is 7.96. The maximum atomic E-state index is 9.30. The molecule has 0 amide bonds. The summed E-state index contributed by atoms with van der Waals surface area (Å²) in [6.07, 6.45) is 5.11. The van der Waals surface area contributed by atoms with E-state index in [4.69, 9.17) is 0 Å². The smallest absolute Gasteiger partial charge is 0.136 e. The molecule has 0 bridgehead atoms. The lowest BCUT2D eigenvalue weighted by atomic mass is 10.2. The van der Waals surface area contributed by atoms with Gasteiger partial charge in [0.1, 0.15) is 5.82 Å². The molecule has 14 heavy (non-hydrogen) atoms. The molecule has 2 aromatic rings. The molecule has 0 aromatic carbocycles. The van der Waals surface area contributed by atoms with Crippen LogP contribution in [0.1, 0.15) is 18.6 Å². The van der Waals surface area contributed by atoms with E-state index in [1.165, 1.54) is 0 Å². The molecule has 0 fully saturated rings. The zero-order chi connectivity index (χ0) is 9.97. The van der Waals surface area contributed by atoms with E-state index in [-0.39, 0.29) is 0 Å². The maximum Gasteiger partial charge on any atom is 0.136 e. The molecule has 2 rings (SSSR count). The average Bonchev–Trinajstić information content (AvgIpc) is 2.71. The van der Waals surface area contributed by atoms with E-state index >= 15 is 0 Å². The number of aliphatic hydroxyl groups excluding tert-OH is 1. The Labute approximate surface area is 82.7 Å². The second kappa shape index (κ2) is 3.64.